The zero-order chi connectivity index (χ0) is 13.3. The van der Waals surface area contributed by atoms with Crippen LogP contribution in [-0.2, 0) is 0 Å². The molecule has 1 aromatic carbocycles. The first-order valence-electron chi connectivity index (χ1n) is 5.79. The normalized spacial score (nSPS) is 10.4. The van der Waals surface area contributed by atoms with E-state index in [1.807, 2.05) is 45.0 Å². The van der Waals surface area contributed by atoms with Gasteiger partial charge in [-0.05, 0) is 56.2 Å². The number of hydrogen-bond donors (Lipinski definition) is 0. The van der Waals surface area contributed by atoms with Gasteiger partial charge in [-0.15, -0.1) is 11.3 Å². The fourth-order valence-corrected chi connectivity index (χ4v) is 2.77. The number of carbonyl (C=O) groups is 1. The number of thiophene rings is 1. The molecule has 0 atom stereocenters. The minimum Gasteiger partial charge on any atom is -0.496 e. The first-order valence-corrected chi connectivity index (χ1v) is 6.61. The molecule has 0 aliphatic carbocycles. The second-order valence-electron chi connectivity index (χ2n) is 4.38. The summed E-state index contributed by atoms with van der Waals surface area (Å²) >= 11 is 1.53. The molecule has 0 N–H and O–H groups in total. The number of rotatable bonds is 3. The largest absolute Gasteiger partial charge is 0.496 e. The van der Waals surface area contributed by atoms with Crippen LogP contribution in [-0.4, -0.2) is 12.9 Å². The van der Waals surface area contributed by atoms with Gasteiger partial charge in [0.15, 0.2) is 0 Å². The van der Waals surface area contributed by atoms with E-state index in [1.165, 1.54) is 11.3 Å². The van der Waals surface area contributed by atoms with Crippen LogP contribution in [0.3, 0.4) is 0 Å². The zero-order valence-corrected chi connectivity index (χ0v) is 11.9. The van der Waals surface area contributed by atoms with E-state index in [4.69, 9.17) is 4.74 Å². The average Bonchev–Trinajstić information content (AvgIpc) is 2.77. The number of ether oxygens (including phenoxy) is 1. The van der Waals surface area contributed by atoms with Crippen molar-refractivity contribution in [3.63, 3.8) is 0 Å². The molecular weight excluding hydrogens is 244 g/mol. The molecule has 18 heavy (non-hydrogen) atoms. The van der Waals surface area contributed by atoms with Crippen molar-refractivity contribution in [2.45, 2.75) is 20.8 Å². The summed E-state index contributed by atoms with van der Waals surface area (Å²) in [4.78, 5) is 14.3. The highest BCUT2D eigenvalue weighted by atomic mass is 32.1. The molecule has 0 bridgehead atoms. The van der Waals surface area contributed by atoms with Gasteiger partial charge in [-0.1, -0.05) is 0 Å². The van der Waals surface area contributed by atoms with Crippen LogP contribution in [0.25, 0.3) is 0 Å². The van der Waals surface area contributed by atoms with Crippen LogP contribution < -0.4 is 4.74 Å². The quantitative estimate of drug-likeness (QED) is 0.782. The molecule has 0 unspecified atom stereocenters. The van der Waals surface area contributed by atoms with E-state index in [-0.39, 0.29) is 5.78 Å². The summed E-state index contributed by atoms with van der Waals surface area (Å²) in [5.41, 5.74) is 2.70. The van der Waals surface area contributed by atoms with Crippen LogP contribution in [0.1, 0.15) is 31.2 Å². The molecule has 0 amide bonds. The van der Waals surface area contributed by atoms with E-state index in [0.29, 0.717) is 0 Å². The Morgan fingerprint density at radius 1 is 1.11 bits per heavy atom. The van der Waals surface area contributed by atoms with Gasteiger partial charge in [-0.25, -0.2) is 0 Å². The van der Waals surface area contributed by atoms with Gasteiger partial charge in [0.05, 0.1) is 12.0 Å². The number of carbonyl (C=O) groups excluding carboxylic acids is 1. The third kappa shape index (κ3) is 2.31. The second-order valence-corrected chi connectivity index (χ2v) is 5.66. The highest BCUT2D eigenvalue weighted by Gasteiger charge is 2.15. The molecule has 0 saturated heterocycles. The van der Waals surface area contributed by atoms with E-state index in [0.717, 1.165) is 32.2 Å². The lowest BCUT2D eigenvalue weighted by Crippen LogP contribution is -2.03. The summed E-state index contributed by atoms with van der Waals surface area (Å²) in [7, 11) is 1.64. The van der Waals surface area contributed by atoms with Crippen LogP contribution >= 0.6 is 11.3 Å². The minimum absolute atomic E-state index is 0.0938. The smallest absolute Gasteiger partial charge is 0.203 e. The summed E-state index contributed by atoms with van der Waals surface area (Å²) in [6.45, 7) is 5.90. The standard InChI is InChI=1S/C15H16O2S/c1-9-8-13(17-4)10(2)7-12(9)15(16)14-6-5-11(3)18-14/h5-8H,1-4H3. The Morgan fingerprint density at radius 2 is 1.83 bits per heavy atom. The van der Waals surface area contributed by atoms with E-state index < -0.39 is 0 Å². The Morgan fingerprint density at radius 3 is 2.39 bits per heavy atom. The zero-order valence-electron chi connectivity index (χ0n) is 11.0. The van der Waals surface area contributed by atoms with Gasteiger partial charge in [0.25, 0.3) is 0 Å². The van der Waals surface area contributed by atoms with E-state index in [2.05, 4.69) is 0 Å². The average molecular weight is 260 g/mol. The van der Waals surface area contributed by atoms with Crippen molar-refractivity contribution in [1.29, 1.82) is 0 Å². The summed E-state index contributed by atoms with van der Waals surface area (Å²) in [6.07, 6.45) is 0. The van der Waals surface area contributed by atoms with Crippen molar-refractivity contribution in [2.24, 2.45) is 0 Å². The molecule has 1 aromatic heterocycles. The predicted octanol–water partition coefficient (Wildman–Crippen LogP) is 3.91. The predicted molar refractivity (Wildman–Crippen MR) is 75.0 cm³/mol. The first-order chi connectivity index (χ1) is 8.52. The topological polar surface area (TPSA) is 26.3 Å². The maximum atomic E-state index is 12.4. The lowest BCUT2D eigenvalue weighted by atomic mass is 10.0. The Balaban J connectivity index is 2.45. The number of methoxy groups -OCH3 is 1. The number of ketones is 1. The molecule has 2 rings (SSSR count). The molecule has 0 saturated carbocycles. The Hall–Kier alpha value is -1.61. The van der Waals surface area contributed by atoms with Gasteiger partial charge in [-0.3, -0.25) is 4.79 Å². The lowest BCUT2D eigenvalue weighted by Gasteiger charge is -2.09. The van der Waals surface area contributed by atoms with Gasteiger partial charge in [0.1, 0.15) is 5.75 Å². The van der Waals surface area contributed by atoms with Crippen molar-refractivity contribution >= 4 is 17.1 Å². The number of benzene rings is 1. The van der Waals surface area contributed by atoms with E-state index >= 15 is 0 Å². The van der Waals surface area contributed by atoms with E-state index in [9.17, 15) is 4.79 Å². The molecule has 2 aromatic rings. The first kappa shape index (κ1) is 12.8. The summed E-state index contributed by atoms with van der Waals surface area (Å²) in [6, 6.07) is 7.69. The summed E-state index contributed by atoms with van der Waals surface area (Å²) in [5.74, 6) is 0.919. The lowest BCUT2D eigenvalue weighted by molar-refractivity contribution is 0.104. The molecule has 0 fully saturated rings. The van der Waals surface area contributed by atoms with Crippen molar-refractivity contribution in [3.05, 3.63) is 50.7 Å². The van der Waals surface area contributed by atoms with Crippen LogP contribution in [0.4, 0.5) is 0 Å². The van der Waals surface area contributed by atoms with Crippen LogP contribution in [0.2, 0.25) is 0 Å². The fourth-order valence-electron chi connectivity index (χ4n) is 1.94. The molecule has 0 aliphatic rings. The van der Waals surface area contributed by atoms with Crippen molar-refractivity contribution in [3.8, 4) is 5.75 Å². The maximum Gasteiger partial charge on any atom is 0.203 e. The summed E-state index contributed by atoms with van der Waals surface area (Å²) in [5, 5.41) is 0. The Kier molecular flexibility index (Phi) is 3.53. The molecule has 2 nitrogen and oxygen atoms in total. The van der Waals surface area contributed by atoms with Crippen molar-refractivity contribution < 1.29 is 9.53 Å². The summed E-state index contributed by atoms with van der Waals surface area (Å²) < 4.78 is 5.26. The number of aryl methyl sites for hydroxylation is 3. The molecule has 3 heteroatoms. The fraction of sp³-hybridized carbons (Fsp3) is 0.267. The van der Waals surface area contributed by atoms with Crippen LogP contribution in [0, 0.1) is 20.8 Å². The SMILES string of the molecule is COc1cc(C)c(C(=O)c2ccc(C)s2)cc1C. The van der Waals surface area contributed by atoms with Crippen LogP contribution in [0.15, 0.2) is 24.3 Å². The molecule has 0 radical (unpaired) electrons. The molecule has 0 spiro atoms. The third-order valence-corrected chi connectivity index (χ3v) is 3.95. The monoisotopic (exact) mass is 260 g/mol. The molecule has 1 heterocycles. The Labute approximate surface area is 111 Å². The highest BCUT2D eigenvalue weighted by Crippen LogP contribution is 2.26. The van der Waals surface area contributed by atoms with Crippen molar-refractivity contribution in [1.82, 2.24) is 0 Å². The second kappa shape index (κ2) is 4.94. The van der Waals surface area contributed by atoms with Gasteiger partial charge >= 0.3 is 0 Å². The highest BCUT2D eigenvalue weighted by molar-refractivity contribution is 7.14. The van der Waals surface area contributed by atoms with Gasteiger partial charge < -0.3 is 4.74 Å². The minimum atomic E-state index is 0.0938. The Bertz CT molecular complexity index is 597. The molecular formula is C15H16O2S. The van der Waals surface area contributed by atoms with Crippen LogP contribution in [0.5, 0.6) is 5.75 Å². The van der Waals surface area contributed by atoms with E-state index in [1.54, 1.807) is 7.11 Å². The number of hydrogen-bond acceptors (Lipinski definition) is 3. The maximum absolute atomic E-state index is 12.4. The van der Waals surface area contributed by atoms with Gasteiger partial charge in [-0.2, -0.15) is 0 Å². The van der Waals surface area contributed by atoms with Crippen molar-refractivity contribution in [2.75, 3.05) is 7.11 Å². The van der Waals surface area contributed by atoms with Gasteiger partial charge in [0.2, 0.25) is 5.78 Å². The molecule has 0 aliphatic heterocycles. The third-order valence-electron chi connectivity index (χ3n) is 2.95. The van der Waals surface area contributed by atoms with Gasteiger partial charge in [0, 0.05) is 10.4 Å². The molecule has 94 valence electrons.